The number of anilines is 1. The van der Waals surface area contributed by atoms with E-state index in [1.165, 1.54) is 24.3 Å². The highest BCUT2D eigenvalue weighted by Gasteiger charge is 2.30. The van der Waals surface area contributed by atoms with Crippen LogP contribution in [0.1, 0.15) is 6.42 Å². The van der Waals surface area contributed by atoms with Crippen molar-refractivity contribution in [3.8, 4) is 5.75 Å². The summed E-state index contributed by atoms with van der Waals surface area (Å²) in [5.74, 6) is -0.471. The van der Waals surface area contributed by atoms with Gasteiger partial charge in [0.15, 0.2) is 0 Å². The highest BCUT2D eigenvalue weighted by Crippen LogP contribution is 2.23. The van der Waals surface area contributed by atoms with E-state index in [9.17, 15) is 18.0 Å². The minimum absolute atomic E-state index is 0. The van der Waals surface area contributed by atoms with Crippen LogP contribution >= 0.6 is 12.4 Å². The van der Waals surface area contributed by atoms with Crippen molar-refractivity contribution in [2.24, 2.45) is 0 Å². The Morgan fingerprint density at radius 2 is 1.75 bits per heavy atom. The molecule has 0 aliphatic carbocycles. The largest absolute Gasteiger partial charge is 0.573 e. The first kappa shape index (κ1) is 20.5. The van der Waals surface area contributed by atoms with Gasteiger partial charge in [-0.05, 0) is 31.3 Å². The molecule has 0 saturated carbocycles. The number of piperazine rings is 1. The van der Waals surface area contributed by atoms with Crippen molar-refractivity contribution in [3.63, 3.8) is 0 Å². The van der Waals surface area contributed by atoms with Gasteiger partial charge in [0.2, 0.25) is 5.91 Å². The number of likely N-dealkylation sites (N-methyl/N-ethyl adjacent to an activating group) is 1. The van der Waals surface area contributed by atoms with Crippen LogP contribution in [0.4, 0.5) is 18.9 Å². The second kappa shape index (κ2) is 9.10. The Morgan fingerprint density at radius 3 is 2.29 bits per heavy atom. The van der Waals surface area contributed by atoms with Crippen LogP contribution in [0.15, 0.2) is 24.3 Å². The lowest BCUT2D eigenvalue weighted by atomic mass is 10.2. The summed E-state index contributed by atoms with van der Waals surface area (Å²) in [6, 6.07) is 5.11. The summed E-state index contributed by atoms with van der Waals surface area (Å²) in [7, 11) is 2.07. The van der Waals surface area contributed by atoms with E-state index in [4.69, 9.17) is 0 Å². The van der Waals surface area contributed by atoms with Crippen LogP contribution in [0.2, 0.25) is 0 Å². The van der Waals surface area contributed by atoms with E-state index in [1.807, 2.05) is 0 Å². The maximum Gasteiger partial charge on any atom is 0.573 e. The molecule has 0 radical (unpaired) electrons. The number of carbonyl (C=O) groups excluding carboxylic acids is 1. The van der Waals surface area contributed by atoms with Crippen molar-refractivity contribution in [1.82, 2.24) is 9.80 Å². The molecule has 136 valence electrons. The number of ether oxygens (including phenoxy) is 1. The number of hydrogen-bond acceptors (Lipinski definition) is 4. The van der Waals surface area contributed by atoms with Crippen molar-refractivity contribution in [1.29, 1.82) is 0 Å². The second-order valence-corrected chi connectivity index (χ2v) is 5.52. The molecule has 1 amide bonds. The Kier molecular flexibility index (Phi) is 7.78. The lowest BCUT2D eigenvalue weighted by Gasteiger charge is -2.32. The van der Waals surface area contributed by atoms with Gasteiger partial charge in [0.25, 0.3) is 0 Å². The maximum atomic E-state index is 12.1. The summed E-state index contributed by atoms with van der Waals surface area (Å²) in [5.41, 5.74) is 0.447. The fourth-order valence-electron chi connectivity index (χ4n) is 2.29. The lowest BCUT2D eigenvalue weighted by molar-refractivity contribution is -0.274. The van der Waals surface area contributed by atoms with Crippen molar-refractivity contribution in [2.45, 2.75) is 12.8 Å². The van der Waals surface area contributed by atoms with Gasteiger partial charge < -0.3 is 19.9 Å². The predicted molar refractivity (Wildman–Crippen MR) is 87.6 cm³/mol. The van der Waals surface area contributed by atoms with Gasteiger partial charge in [0.1, 0.15) is 5.75 Å². The molecule has 0 atom stereocenters. The molecule has 1 heterocycles. The smallest absolute Gasteiger partial charge is 0.406 e. The number of hydrogen-bond donors (Lipinski definition) is 1. The van der Waals surface area contributed by atoms with Crippen molar-refractivity contribution < 1.29 is 22.7 Å². The van der Waals surface area contributed by atoms with Gasteiger partial charge in [0.05, 0.1) is 0 Å². The molecule has 1 N–H and O–H groups in total. The van der Waals surface area contributed by atoms with Gasteiger partial charge in [-0.15, -0.1) is 25.6 Å². The molecule has 0 spiro atoms. The molecule has 0 bridgehead atoms. The molecule has 24 heavy (non-hydrogen) atoms. The minimum Gasteiger partial charge on any atom is -0.406 e. The number of benzene rings is 1. The van der Waals surface area contributed by atoms with E-state index in [0.29, 0.717) is 18.7 Å². The first-order valence-electron chi connectivity index (χ1n) is 7.38. The van der Waals surface area contributed by atoms with Crippen LogP contribution in [0.5, 0.6) is 5.75 Å². The zero-order chi connectivity index (χ0) is 16.9. The van der Waals surface area contributed by atoms with Gasteiger partial charge >= 0.3 is 6.36 Å². The maximum absolute atomic E-state index is 12.1. The molecule has 1 saturated heterocycles. The molecular formula is C15H21ClF3N3O2. The zero-order valence-electron chi connectivity index (χ0n) is 13.3. The normalized spacial score (nSPS) is 16.3. The van der Waals surface area contributed by atoms with E-state index in [-0.39, 0.29) is 24.1 Å². The van der Waals surface area contributed by atoms with Gasteiger partial charge in [-0.25, -0.2) is 0 Å². The second-order valence-electron chi connectivity index (χ2n) is 5.52. The topological polar surface area (TPSA) is 44.8 Å². The summed E-state index contributed by atoms with van der Waals surface area (Å²) in [6.07, 6.45) is -4.36. The third kappa shape index (κ3) is 7.37. The lowest BCUT2D eigenvalue weighted by Crippen LogP contribution is -2.45. The number of nitrogens with one attached hydrogen (secondary N) is 1. The molecule has 5 nitrogen and oxygen atoms in total. The number of nitrogens with zero attached hydrogens (tertiary/aromatic N) is 2. The number of halogens is 4. The quantitative estimate of drug-likeness (QED) is 0.869. The molecule has 0 aromatic heterocycles. The highest BCUT2D eigenvalue weighted by molar-refractivity contribution is 5.90. The van der Waals surface area contributed by atoms with E-state index in [0.717, 1.165) is 26.2 Å². The standard InChI is InChI=1S/C15H20F3N3O2.ClH/c1-20-8-10-21(11-9-20)7-6-14(22)19-12-2-4-13(5-3-12)23-15(16,17)18;/h2-5H,6-11H2,1H3,(H,19,22);1H. The predicted octanol–water partition coefficient (Wildman–Crippen LogP) is 2.58. The Hall–Kier alpha value is -1.51. The number of rotatable bonds is 5. The van der Waals surface area contributed by atoms with Gasteiger partial charge in [-0.2, -0.15) is 0 Å². The molecule has 1 aromatic rings. The third-order valence-corrected chi connectivity index (χ3v) is 3.62. The average Bonchev–Trinajstić information content (AvgIpc) is 2.47. The van der Waals surface area contributed by atoms with Crippen LogP contribution in [0.3, 0.4) is 0 Å². The van der Waals surface area contributed by atoms with Gasteiger partial charge in [-0.1, -0.05) is 0 Å². The van der Waals surface area contributed by atoms with Gasteiger partial charge in [0, 0.05) is 44.8 Å². The molecule has 1 fully saturated rings. The van der Waals surface area contributed by atoms with Crippen LogP contribution in [-0.4, -0.2) is 61.8 Å². The highest BCUT2D eigenvalue weighted by atomic mass is 35.5. The summed E-state index contributed by atoms with van der Waals surface area (Å²) >= 11 is 0. The first-order chi connectivity index (χ1) is 10.8. The Balaban J connectivity index is 0.00000288. The average molecular weight is 368 g/mol. The van der Waals surface area contributed by atoms with Crippen molar-refractivity contribution >= 4 is 24.0 Å². The minimum atomic E-state index is -4.72. The molecule has 1 aliphatic rings. The summed E-state index contributed by atoms with van der Waals surface area (Å²) in [5, 5.41) is 2.67. The fraction of sp³-hybridized carbons (Fsp3) is 0.533. The molecule has 1 aromatic carbocycles. The Labute approximate surface area is 145 Å². The van der Waals surface area contributed by atoms with E-state index in [2.05, 4.69) is 26.9 Å². The molecule has 2 rings (SSSR count). The zero-order valence-corrected chi connectivity index (χ0v) is 14.1. The van der Waals surface area contributed by atoms with Crippen LogP contribution < -0.4 is 10.1 Å². The van der Waals surface area contributed by atoms with Crippen molar-refractivity contribution in [3.05, 3.63) is 24.3 Å². The van der Waals surface area contributed by atoms with Crippen LogP contribution in [-0.2, 0) is 4.79 Å². The number of alkyl halides is 3. The Morgan fingerprint density at radius 1 is 1.17 bits per heavy atom. The Bertz CT molecular complexity index is 518. The van der Waals surface area contributed by atoms with E-state index < -0.39 is 6.36 Å². The summed E-state index contributed by atoms with van der Waals surface area (Å²) in [4.78, 5) is 16.3. The molecule has 0 unspecified atom stereocenters. The van der Waals surface area contributed by atoms with Gasteiger partial charge in [-0.3, -0.25) is 4.79 Å². The van der Waals surface area contributed by atoms with Crippen molar-refractivity contribution in [2.75, 3.05) is 45.1 Å². The number of amides is 1. The molecule has 9 heteroatoms. The fourth-order valence-corrected chi connectivity index (χ4v) is 2.29. The van der Waals surface area contributed by atoms with Crippen LogP contribution in [0.25, 0.3) is 0 Å². The monoisotopic (exact) mass is 367 g/mol. The number of carbonyl (C=O) groups is 1. The first-order valence-corrected chi connectivity index (χ1v) is 7.38. The summed E-state index contributed by atoms with van der Waals surface area (Å²) in [6.45, 7) is 4.53. The van der Waals surface area contributed by atoms with E-state index in [1.54, 1.807) is 0 Å². The SMILES string of the molecule is CN1CCN(CCC(=O)Nc2ccc(OC(F)(F)F)cc2)CC1.Cl. The van der Waals surface area contributed by atoms with Crippen LogP contribution in [0, 0.1) is 0 Å². The summed E-state index contributed by atoms with van der Waals surface area (Å²) < 4.78 is 39.9. The molecule has 1 aliphatic heterocycles. The third-order valence-electron chi connectivity index (χ3n) is 3.62. The molecular weight excluding hydrogens is 347 g/mol. The van der Waals surface area contributed by atoms with E-state index >= 15 is 0 Å².